The van der Waals surface area contributed by atoms with Crippen molar-refractivity contribution in [2.24, 2.45) is 0 Å². The molecule has 6 nitrogen and oxygen atoms in total. The lowest BCUT2D eigenvalue weighted by Crippen LogP contribution is -2.36. The predicted octanol–water partition coefficient (Wildman–Crippen LogP) is 3.48. The Morgan fingerprint density at radius 1 is 1.40 bits per heavy atom. The average Bonchev–Trinajstić information content (AvgIpc) is 3.19. The van der Waals surface area contributed by atoms with Gasteiger partial charge >= 0.3 is 0 Å². The Hall–Kier alpha value is -2.19. The molecule has 0 fully saturated rings. The molecule has 1 amide bonds. The number of aromatic nitrogens is 3. The second-order valence-electron chi connectivity index (χ2n) is 5.40. The Labute approximate surface area is 158 Å². The van der Waals surface area contributed by atoms with Crippen LogP contribution in [0.4, 0.5) is 0 Å². The van der Waals surface area contributed by atoms with Crippen molar-refractivity contribution in [2.75, 3.05) is 0 Å². The lowest BCUT2D eigenvalue weighted by atomic mass is 10.3. The van der Waals surface area contributed by atoms with Gasteiger partial charge in [-0.2, -0.15) is 0 Å². The third-order valence-corrected chi connectivity index (χ3v) is 4.79. The van der Waals surface area contributed by atoms with Crippen molar-refractivity contribution in [1.29, 1.82) is 0 Å². The topological polar surface area (TPSA) is 69.0 Å². The van der Waals surface area contributed by atoms with Crippen LogP contribution in [-0.4, -0.2) is 26.8 Å². The molecule has 0 saturated heterocycles. The van der Waals surface area contributed by atoms with Crippen LogP contribution in [0, 0.1) is 6.92 Å². The number of halogens is 1. The van der Waals surface area contributed by atoms with E-state index < -0.39 is 6.10 Å². The molecule has 25 heavy (non-hydrogen) atoms. The zero-order valence-corrected chi connectivity index (χ0v) is 16.2. The van der Waals surface area contributed by atoms with E-state index in [0.29, 0.717) is 16.9 Å². The summed E-state index contributed by atoms with van der Waals surface area (Å²) < 4.78 is 8.08. The number of ether oxygens (including phenoxy) is 1. The summed E-state index contributed by atoms with van der Waals surface area (Å²) in [5, 5.41) is 10.1. The van der Waals surface area contributed by atoms with Gasteiger partial charge in [-0.25, -0.2) is 9.67 Å². The molecule has 0 unspecified atom stereocenters. The van der Waals surface area contributed by atoms with Crippen molar-refractivity contribution >= 4 is 33.2 Å². The fourth-order valence-electron chi connectivity index (χ4n) is 2.16. The Balaban J connectivity index is 1.61. The molecule has 1 N–H and O–H groups in total. The van der Waals surface area contributed by atoms with Crippen molar-refractivity contribution < 1.29 is 9.53 Å². The second kappa shape index (κ2) is 7.79. The molecule has 0 aliphatic rings. The summed E-state index contributed by atoms with van der Waals surface area (Å²) in [4.78, 5) is 16.5. The number of para-hydroxylation sites is 1. The minimum absolute atomic E-state index is 0.216. The molecule has 1 atom stereocenters. The molecular weight excluding hydrogens is 404 g/mol. The number of hydrogen-bond donors (Lipinski definition) is 1. The Kier molecular flexibility index (Phi) is 5.50. The molecule has 2 aromatic heterocycles. The molecule has 1 aromatic carbocycles. The number of rotatable bonds is 6. The number of thiazole rings is 1. The molecule has 0 saturated carbocycles. The maximum atomic E-state index is 12.2. The van der Waals surface area contributed by atoms with Gasteiger partial charge in [-0.1, -0.05) is 18.2 Å². The van der Waals surface area contributed by atoms with Crippen LogP contribution in [0.15, 0.2) is 46.4 Å². The standard InChI is InChI=1S/C17H17BrN4O2S/c1-11(16(23)19-8-13-10-25-12(2)20-13)24-17-15(18)9-22(21-17)14-6-4-3-5-7-14/h3-7,9-11H,8H2,1-2H3,(H,19,23)/t11-/m1/s1. The van der Waals surface area contributed by atoms with Gasteiger partial charge in [-0.15, -0.1) is 16.4 Å². The third kappa shape index (κ3) is 4.46. The van der Waals surface area contributed by atoms with Crippen LogP contribution in [0.1, 0.15) is 17.6 Å². The quantitative estimate of drug-likeness (QED) is 0.662. The number of carbonyl (C=O) groups is 1. The van der Waals surface area contributed by atoms with Crippen LogP contribution in [0.5, 0.6) is 5.88 Å². The van der Waals surface area contributed by atoms with Gasteiger partial charge in [-0.3, -0.25) is 4.79 Å². The van der Waals surface area contributed by atoms with Crippen LogP contribution < -0.4 is 10.1 Å². The summed E-state index contributed by atoms with van der Waals surface area (Å²) in [5.74, 6) is 0.155. The van der Waals surface area contributed by atoms with E-state index in [9.17, 15) is 4.79 Å². The first kappa shape index (κ1) is 17.6. The minimum atomic E-state index is -0.671. The highest BCUT2D eigenvalue weighted by atomic mass is 79.9. The predicted molar refractivity (Wildman–Crippen MR) is 100 cm³/mol. The maximum absolute atomic E-state index is 12.2. The van der Waals surface area contributed by atoms with Crippen LogP contribution in [-0.2, 0) is 11.3 Å². The molecule has 3 rings (SSSR count). The van der Waals surface area contributed by atoms with Gasteiger partial charge in [0.05, 0.1) is 27.4 Å². The fraction of sp³-hybridized carbons (Fsp3) is 0.235. The Morgan fingerprint density at radius 2 is 2.16 bits per heavy atom. The highest BCUT2D eigenvalue weighted by molar-refractivity contribution is 9.10. The van der Waals surface area contributed by atoms with Gasteiger partial charge in [0.1, 0.15) is 0 Å². The first-order valence-corrected chi connectivity index (χ1v) is 9.36. The van der Waals surface area contributed by atoms with E-state index in [1.54, 1.807) is 29.1 Å². The molecule has 0 aliphatic heterocycles. The first-order valence-electron chi connectivity index (χ1n) is 7.69. The smallest absolute Gasteiger partial charge is 0.261 e. The summed E-state index contributed by atoms with van der Waals surface area (Å²) in [6.07, 6.45) is 1.13. The Bertz CT molecular complexity index is 863. The first-order chi connectivity index (χ1) is 12.0. The van der Waals surface area contributed by atoms with Crippen molar-refractivity contribution in [2.45, 2.75) is 26.5 Å². The summed E-state index contributed by atoms with van der Waals surface area (Å²) in [7, 11) is 0. The third-order valence-electron chi connectivity index (χ3n) is 3.43. The van der Waals surface area contributed by atoms with Crippen LogP contribution in [0.2, 0.25) is 0 Å². The monoisotopic (exact) mass is 420 g/mol. The van der Waals surface area contributed by atoms with E-state index in [1.165, 1.54) is 0 Å². The van der Waals surface area contributed by atoms with Gasteiger partial charge in [-0.05, 0) is 41.9 Å². The van der Waals surface area contributed by atoms with Crippen LogP contribution >= 0.6 is 27.3 Å². The normalized spacial score (nSPS) is 12.0. The molecule has 0 radical (unpaired) electrons. The second-order valence-corrected chi connectivity index (χ2v) is 7.31. The fourth-order valence-corrected chi connectivity index (χ4v) is 3.14. The highest BCUT2D eigenvalue weighted by Crippen LogP contribution is 2.25. The lowest BCUT2D eigenvalue weighted by molar-refractivity contribution is -0.127. The van der Waals surface area contributed by atoms with E-state index in [2.05, 4.69) is 31.3 Å². The van der Waals surface area contributed by atoms with Crippen molar-refractivity contribution in [3.05, 3.63) is 57.1 Å². The number of hydrogen-bond acceptors (Lipinski definition) is 5. The van der Waals surface area contributed by atoms with Gasteiger partial charge in [0.25, 0.3) is 5.91 Å². The van der Waals surface area contributed by atoms with E-state index in [-0.39, 0.29) is 5.91 Å². The van der Waals surface area contributed by atoms with Crippen molar-refractivity contribution in [3.63, 3.8) is 0 Å². The van der Waals surface area contributed by atoms with Gasteiger partial charge in [0.15, 0.2) is 6.10 Å². The molecule has 8 heteroatoms. The minimum Gasteiger partial charge on any atom is -0.463 e. The number of carbonyl (C=O) groups excluding carboxylic acids is 1. The average molecular weight is 421 g/mol. The van der Waals surface area contributed by atoms with Crippen molar-refractivity contribution in [1.82, 2.24) is 20.1 Å². The molecule has 130 valence electrons. The van der Waals surface area contributed by atoms with Crippen LogP contribution in [0.25, 0.3) is 5.69 Å². The molecule has 2 heterocycles. The zero-order chi connectivity index (χ0) is 17.8. The number of benzene rings is 1. The van der Waals surface area contributed by atoms with Crippen LogP contribution in [0.3, 0.4) is 0 Å². The molecule has 0 spiro atoms. The van der Waals surface area contributed by atoms with E-state index in [1.807, 2.05) is 42.6 Å². The van der Waals surface area contributed by atoms with E-state index in [4.69, 9.17) is 4.74 Å². The maximum Gasteiger partial charge on any atom is 0.261 e. The van der Waals surface area contributed by atoms with Gasteiger partial charge < -0.3 is 10.1 Å². The number of aryl methyl sites for hydroxylation is 1. The van der Waals surface area contributed by atoms with E-state index in [0.717, 1.165) is 16.4 Å². The molecule has 3 aromatic rings. The molecular formula is C17H17BrN4O2S. The molecule has 0 aliphatic carbocycles. The summed E-state index contributed by atoms with van der Waals surface area (Å²) in [5.41, 5.74) is 1.76. The van der Waals surface area contributed by atoms with Crippen molar-refractivity contribution in [3.8, 4) is 11.6 Å². The van der Waals surface area contributed by atoms with E-state index >= 15 is 0 Å². The Morgan fingerprint density at radius 3 is 2.84 bits per heavy atom. The zero-order valence-electron chi connectivity index (χ0n) is 13.8. The molecule has 0 bridgehead atoms. The largest absolute Gasteiger partial charge is 0.463 e. The highest BCUT2D eigenvalue weighted by Gasteiger charge is 2.18. The lowest BCUT2D eigenvalue weighted by Gasteiger charge is -2.12. The number of nitrogens with one attached hydrogen (secondary N) is 1. The number of nitrogens with zero attached hydrogens (tertiary/aromatic N) is 3. The number of amides is 1. The summed E-state index contributed by atoms with van der Waals surface area (Å²) in [6, 6.07) is 9.68. The SMILES string of the molecule is Cc1nc(CNC(=O)[C@@H](C)Oc2nn(-c3ccccc3)cc2Br)cs1. The van der Waals surface area contributed by atoms with Gasteiger partial charge in [0.2, 0.25) is 5.88 Å². The van der Waals surface area contributed by atoms with Gasteiger partial charge in [0, 0.05) is 11.6 Å². The summed E-state index contributed by atoms with van der Waals surface area (Å²) in [6.45, 7) is 4.01. The summed E-state index contributed by atoms with van der Waals surface area (Å²) >= 11 is 4.98.